The monoisotopic (exact) mass is 172 g/mol. The van der Waals surface area contributed by atoms with Crippen LogP contribution in [0.15, 0.2) is 11.1 Å². The number of aromatic amines is 1. The normalized spacial score (nSPS) is 12.9. The van der Waals surface area contributed by atoms with Crippen LogP contribution < -0.4 is 0 Å². The number of Topliss-reactive ketones (excluding diaryl/α,β-unsaturated/α-hetero) is 1. The van der Waals surface area contributed by atoms with Gasteiger partial charge in [-0.1, -0.05) is 0 Å². The molecule has 0 aliphatic heterocycles. The molecule has 5 heteroatoms. The fourth-order valence-electron chi connectivity index (χ4n) is 0.745. The highest BCUT2D eigenvalue weighted by atomic mass is 32.2. The summed E-state index contributed by atoms with van der Waals surface area (Å²) < 4.78 is 10.9. The molecule has 1 heterocycles. The molecule has 0 radical (unpaired) electrons. The first-order valence-electron chi connectivity index (χ1n) is 3.00. The Morgan fingerprint density at radius 1 is 1.73 bits per heavy atom. The zero-order valence-corrected chi connectivity index (χ0v) is 7.07. The van der Waals surface area contributed by atoms with E-state index in [2.05, 4.69) is 10.2 Å². The van der Waals surface area contributed by atoms with Crippen molar-refractivity contribution < 1.29 is 9.00 Å². The Kier molecular flexibility index (Phi) is 2.19. The van der Waals surface area contributed by atoms with E-state index in [4.69, 9.17) is 0 Å². The van der Waals surface area contributed by atoms with Crippen molar-refractivity contribution in [2.24, 2.45) is 0 Å². The van der Waals surface area contributed by atoms with Gasteiger partial charge in [0.05, 0.1) is 21.9 Å². The Bertz CT molecular complexity index is 277. The lowest BCUT2D eigenvalue weighted by Crippen LogP contribution is -1.98. The molecule has 0 aliphatic rings. The van der Waals surface area contributed by atoms with Gasteiger partial charge in [0.2, 0.25) is 0 Å². The molecule has 0 saturated carbocycles. The molecule has 60 valence electrons. The average Bonchev–Trinajstić information content (AvgIpc) is 2.32. The van der Waals surface area contributed by atoms with Crippen LogP contribution in [0.4, 0.5) is 0 Å². The number of ketones is 1. The van der Waals surface area contributed by atoms with Gasteiger partial charge in [0, 0.05) is 13.2 Å². The Labute approximate surface area is 66.5 Å². The van der Waals surface area contributed by atoms with Crippen LogP contribution in [-0.4, -0.2) is 26.4 Å². The van der Waals surface area contributed by atoms with E-state index in [1.807, 2.05) is 0 Å². The minimum absolute atomic E-state index is 0.146. The van der Waals surface area contributed by atoms with Gasteiger partial charge in [-0.15, -0.1) is 0 Å². The van der Waals surface area contributed by atoms with Crippen LogP contribution in [0, 0.1) is 0 Å². The fraction of sp³-hybridized carbons (Fsp3) is 0.333. The second kappa shape index (κ2) is 2.96. The highest BCUT2D eigenvalue weighted by Crippen LogP contribution is 2.08. The average molecular weight is 172 g/mol. The SMILES string of the molecule is CC(=O)c1[nH]ncc1S(C)=O. The molecule has 0 fully saturated rings. The number of nitrogens with zero attached hydrogens (tertiary/aromatic N) is 1. The highest BCUT2D eigenvalue weighted by molar-refractivity contribution is 7.84. The molecule has 0 aromatic carbocycles. The van der Waals surface area contributed by atoms with Gasteiger partial charge in [-0.3, -0.25) is 14.1 Å². The lowest BCUT2D eigenvalue weighted by molar-refractivity contribution is 0.101. The molecule has 1 unspecified atom stereocenters. The first kappa shape index (κ1) is 8.13. The number of nitrogens with one attached hydrogen (secondary N) is 1. The van der Waals surface area contributed by atoms with Crippen molar-refractivity contribution in [3.05, 3.63) is 11.9 Å². The molecule has 1 aromatic heterocycles. The summed E-state index contributed by atoms with van der Waals surface area (Å²) in [5, 5.41) is 6.12. The summed E-state index contributed by atoms with van der Waals surface area (Å²) >= 11 is 0. The van der Waals surface area contributed by atoms with Gasteiger partial charge in [0.25, 0.3) is 0 Å². The van der Waals surface area contributed by atoms with Gasteiger partial charge in [0.1, 0.15) is 5.69 Å². The smallest absolute Gasteiger partial charge is 0.178 e. The molecule has 4 nitrogen and oxygen atoms in total. The second-order valence-corrected chi connectivity index (χ2v) is 3.47. The van der Waals surface area contributed by atoms with E-state index >= 15 is 0 Å². The van der Waals surface area contributed by atoms with Crippen LogP contribution in [0.5, 0.6) is 0 Å². The van der Waals surface area contributed by atoms with Gasteiger partial charge in [-0.25, -0.2) is 0 Å². The Hall–Kier alpha value is -0.970. The molecule has 1 N–H and O–H groups in total. The lowest BCUT2D eigenvalue weighted by atomic mass is 10.3. The number of H-pyrrole nitrogens is 1. The summed E-state index contributed by atoms with van der Waals surface area (Å²) in [7, 11) is -1.14. The van der Waals surface area contributed by atoms with Crippen molar-refractivity contribution in [1.82, 2.24) is 10.2 Å². The fourth-order valence-corrected chi connectivity index (χ4v) is 1.42. The summed E-state index contributed by atoms with van der Waals surface area (Å²) in [6, 6.07) is 0. The van der Waals surface area contributed by atoms with Crippen LogP contribution in [-0.2, 0) is 10.8 Å². The maximum atomic E-state index is 10.9. The molecule has 0 aliphatic carbocycles. The second-order valence-electron chi connectivity index (χ2n) is 2.12. The zero-order valence-electron chi connectivity index (χ0n) is 6.25. The molecule has 11 heavy (non-hydrogen) atoms. The zero-order chi connectivity index (χ0) is 8.43. The predicted octanol–water partition coefficient (Wildman–Crippen LogP) is 0.350. The van der Waals surface area contributed by atoms with Gasteiger partial charge < -0.3 is 0 Å². The largest absolute Gasteiger partial charge is 0.293 e. The number of hydrogen-bond acceptors (Lipinski definition) is 3. The van der Waals surface area contributed by atoms with Crippen LogP contribution in [0.1, 0.15) is 17.4 Å². The molecule has 0 spiro atoms. The maximum Gasteiger partial charge on any atom is 0.178 e. The Morgan fingerprint density at radius 3 is 2.73 bits per heavy atom. The quantitative estimate of drug-likeness (QED) is 0.655. The topological polar surface area (TPSA) is 62.8 Å². The first-order valence-corrected chi connectivity index (χ1v) is 4.56. The van der Waals surface area contributed by atoms with Crippen LogP contribution in [0.25, 0.3) is 0 Å². The van der Waals surface area contributed by atoms with E-state index in [0.29, 0.717) is 10.6 Å². The van der Waals surface area contributed by atoms with E-state index in [0.717, 1.165) is 0 Å². The minimum atomic E-state index is -1.14. The van der Waals surface area contributed by atoms with E-state index in [1.165, 1.54) is 19.4 Å². The maximum absolute atomic E-state index is 10.9. The molecule has 1 aromatic rings. The van der Waals surface area contributed by atoms with Crippen molar-refractivity contribution >= 4 is 16.6 Å². The lowest BCUT2D eigenvalue weighted by Gasteiger charge is -1.92. The summed E-state index contributed by atoms with van der Waals surface area (Å²) in [4.78, 5) is 11.3. The molecule has 0 amide bonds. The van der Waals surface area contributed by atoms with E-state index in [9.17, 15) is 9.00 Å². The summed E-state index contributed by atoms with van der Waals surface area (Å²) in [5.41, 5.74) is 0.339. The van der Waals surface area contributed by atoms with Gasteiger partial charge in [0.15, 0.2) is 5.78 Å². The molecular formula is C6H8N2O2S. The number of aromatic nitrogens is 2. The van der Waals surface area contributed by atoms with E-state index in [1.54, 1.807) is 0 Å². The van der Waals surface area contributed by atoms with Crippen molar-refractivity contribution in [3.63, 3.8) is 0 Å². The standard InChI is InChI=1S/C6H8N2O2S/c1-4(9)6-5(11(2)10)3-7-8-6/h3H,1-2H3,(H,7,8). The number of hydrogen-bond donors (Lipinski definition) is 1. The third-order valence-corrected chi connectivity index (χ3v) is 2.20. The number of rotatable bonds is 2. The third-order valence-electron chi connectivity index (χ3n) is 1.27. The van der Waals surface area contributed by atoms with Crippen molar-refractivity contribution in [1.29, 1.82) is 0 Å². The Morgan fingerprint density at radius 2 is 2.36 bits per heavy atom. The van der Waals surface area contributed by atoms with Gasteiger partial charge in [-0.05, 0) is 0 Å². The van der Waals surface area contributed by atoms with Crippen molar-refractivity contribution in [2.75, 3.05) is 6.26 Å². The summed E-state index contributed by atoms with van der Waals surface area (Å²) in [5.74, 6) is -0.146. The minimum Gasteiger partial charge on any atom is -0.293 e. The number of carbonyl (C=O) groups is 1. The number of carbonyl (C=O) groups excluding carboxylic acids is 1. The van der Waals surface area contributed by atoms with Gasteiger partial charge >= 0.3 is 0 Å². The van der Waals surface area contributed by atoms with Crippen molar-refractivity contribution in [2.45, 2.75) is 11.8 Å². The molecule has 0 bridgehead atoms. The van der Waals surface area contributed by atoms with Crippen LogP contribution in [0.3, 0.4) is 0 Å². The Balaban J connectivity index is 3.16. The third kappa shape index (κ3) is 1.54. The predicted molar refractivity (Wildman–Crippen MR) is 40.9 cm³/mol. The first-order chi connectivity index (χ1) is 5.13. The van der Waals surface area contributed by atoms with Crippen LogP contribution >= 0.6 is 0 Å². The summed E-state index contributed by atoms with van der Waals surface area (Å²) in [6.07, 6.45) is 2.92. The van der Waals surface area contributed by atoms with Gasteiger partial charge in [-0.2, -0.15) is 5.10 Å². The molecule has 1 atom stereocenters. The molecular weight excluding hydrogens is 164 g/mol. The van der Waals surface area contributed by atoms with Crippen LogP contribution in [0.2, 0.25) is 0 Å². The van der Waals surface area contributed by atoms with E-state index in [-0.39, 0.29) is 5.78 Å². The van der Waals surface area contributed by atoms with E-state index < -0.39 is 10.8 Å². The molecule has 1 rings (SSSR count). The van der Waals surface area contributed by atoms with Crippen molar-refractivity contribution in [3.8, 4) is 0 Å². The highest BCUT2D eigenvalue weighted by Gasteiger charge is 2.11. The summed E-state index contributed by atoms with van der Waals surface area (Å²) in [6.45, 7) is 1.41. The molecule has 0 saturated heterocycles.